The maximum Gasteiger partial charge on any atom is 0.329 e. The van der Waals surface area contributed by atoms with Gasteiger partial charge in [-0.1, -0.05) is 20.8 Å². The number of hydrogen-bond acceptors (Lipinski definition) is 2. The van der Waals surface area contributed by atoms with Gasteiger partial charge >= 0.3 is 5.97 Å². The van der Waals surface area contributed by atoms with Crippen molar-refractivity contribution >= 4 is 5.97 Å². The number of rotatable bonds is 3. The van der Waals surface area contributed by atoms with E-state index in [-0.39, 0.29) is 18.1 Å². The maximum atomic E-state index is 10.1. The van der Waals surface area contributed by atoms with Crippen molar-refractivity contribution in [2.24, 2.45) is 5.41 Å². The molecule has 0 fully saturated rings. The average molecular weight is 160 g/mol. The van der Waals surface area contributed by atoms with Gasteiger partial charge < -0.3 is 9.84 Å². The van der Waals surface area contributed by atoms with Crippen LogP contribution in [0, 0.1) is 5.41 Å². The molecule has 0 aliphatic carbocycles. The minimum atomic E-state index is -0.916. The van der Waals surface area contributed by atoms with Crippen LogP contribution in [0.3, 0.4) is 0 Å². The highest BCUT2D eigenvalue weighted by Crippen LogP contribution is 2.21. The number of aliphatic carboxylic acids is 1. The van der Waals surface area contributed by atoms with Crippen molar-refractivity contribution in [3.05, 3.63) is 0 Å². The molecule has 66 valence electrons. The molecule has 0 aliphatic heterocycles. The molecule has 0 aromatic rings. The Labute approximate surface area is 67.4 Å². The first-order valence-electron chi connectivity index (χ1n) is 3.67. The third kappa shape index (κ3) is 4.79. The molecule has 0 saturated heterocycles. The molecule has 0 amide bonds. The van der Waals surface area contributed by atoms with Gasteiger partial charge in [-0.15, -0.1) is 0 Å². The second kappa shape index (κ2) is 3.72. The molecule has 0 spiro atoms. The molecular weight excluding hydrogens is 144 g/mol. The zero-order chi connectivity index (χ0) is 9.07. The van der Waals surface area contributed by atoms with E-state index < -0.39 is 5.97 Å². The molecule has 0 aromatic carbocycles. The predicted octanol–water partition coefficient (Wildman–Crippen LogP) is 1.52. The van der Waals surface area contributed by atoms with E-state index in [2.05, 4.69) is 0 Å². The first-order valence-corrected chi connectivity index (χ1v) is 3.67. The molecule has 0 aromatic heterocycles. The second-order valence-corrected chi connectivity index (χ2v) is 3.71. The smallest absolute Gasteiger partial charge is 0.329 e. The molecule has 0 aliphatic rings. The average Bonchev–Trinajstić information content (AvgIpc) is 1.80. The van der Waals surface area contributed by atoms with Crippen LogP contribution in [-0.4, -0.2) is 23.8 Å². The van der Waals surface area contributed by atoms with E-state index in [0.29, 0.717) is 0 Å². The zero-order valence-electron chi connectivity index (χ0n) is 7.55. The first kappa shape index (κ1) is 10.4. The summed E-state index contributed by atoms with van der Waals surface area (Å²) in [5, 5.41) is 8.30. The molecule has 0 rings (SSSR count). The zero-order valence-corrected chi connectivity index (χ0v) is 7.55. The standard InChI is InChI=1S/C8H16O3/c1-6(8(2,3)4)11-5-7(9)10/h6H,5H2,1-4H3,(H,9,10)/t6-/m0/s1. The van der Waals surface area contributed by atoms with Gasteiger partial charge in [0.05, 0.1) is 6.10 Å². The summed E-state index contributed by atoms with van der Waals surface area (Å²) < 4.78 is 5.07. The van der Waals surface area contributed by atoms with Gasteiger partial charge in [0, 0.05) is 0 Å². The number of carbonyl (C=O) groups is 1. The second-order valence-electron chi connectivity index (χ2n) is 3.71. The summed E-state index contributed by atoms with van der Waals surface area (Å²) in [6.45, 7) is 7.71. The highest BCUT2D eigenvalue weighted by Gasteiger charge is 2.20. The molecule has 0 bridgehead atoms. The summed E-state index contributed by atoms with van der Waals surface area (Å²) in [5.74, 6) is -0.916. The van der Waals surface area contributed by atoms with Crippen LogP contribution in [0.5, 0.6) is 0 Å². The molecule has 0 heterocycles. The molecule has 11 heavy (non-hydrogen) atoms. The normalized spacial score (nSPS) is 14.5. The van der Waals surface area contributed by atoms with Crippen LogP contribution in [0.4, 0.5) is 0 Å². The van der Waals surface area contributed by atoms with Crippen LogP contribution in [0.15, 0.2) is 0 Å². The van der Waals surface area contributed by atoms with Crippen molar-refractivity contribution in [1.82, 2.24) is 0 Å². The summed E-state index contributed by atoms with van der Waals surface area (Å²) >= 11 is 0. The third-order valence-electron chi connectivity index (χ3n) is 1.68. The van der Waals surface area contributed by atoms with Crippen molar-refractivity contribution < 1.29 is 14.6 Å². The highest BCUT2D eigenvalue weighted by molar-refractivity contribution is 5.68. The summed E-state index contributed by atoms with van der Waals surface area (Å²) in [7, 11) is 0. The van der Waals surface area contributed by atoms with Gasteiger partial charge in [0.15, 0.2) is 0 Å². The molecule has 3 nitrogen and oxygen atoms in total. The Morgan fingerprint density at radius 3 is 2.27 bits per heavy atom. The van der Waals surface area contributed by atoms with Crippen LogP contribution in [0.25, 0.3) is 0 Å². The first-order chi connectivity index (χ1) is 4.84. The molecular formula is C8H16O3. The largest absolute Gasteiger partial charge is 0.480 e. The Hall–Kier alpha value is -0.570. The SMILES string of the molecule is C[C@H](OCC(=O)O)C(C)(C)C. The molecule has 3 heteroatoms. The Kier molecular flexibility index (Phi) is 3.52. The van der Waals surface area contributed by atoms with Crippen molar-refractivity contribution in [3.63, 3.8) is 0 Å². The monoisotopic (exact) mass is 160 g/mol. The predicted molar refractivity (Wildman–Crippen MR) is 42.5 cm³/mol. The molecule has 0 radical (unpaired) electrons. The minimum Gasteiger partial charge on any atom is -0.480 e. The number of carboxylic acid groups (broad SMARTS) is 1. The Balaban J connectivity index is 3.70. The van der Waals surface area contributed by atoms with Gasteiger partial charge in [0.2, 0.25) is 0 Å². The Bertz CT molecular complexity index is 135. The lowest BCUT2D eigenvalue weighted by Crippen LogP contribution is -2.28. The van der Waals surface area contributed by atoms with E-state index in [0.717, 1.165) is 0 Å². The van der Waals surface area contributed by atoms with Gasteiger partial charge in [0.1, 0.15) is 6.61 Å². The quantitative estimate of drug-likeness (QED) is 0.681. The van der Waals surface area contributed by atoms with E-state index in [1.807, 2.05) is 27.7 Å². The summed E-state index contributed by atoms with van der Waals surface area (Å²) in [4.78, 5) is 10.1. The van der Waals surface area contributed by atoms with Crippen molar-refractivity contribution in [2.45, 2.75) is 33.8 Å². The van der Waals surface area contributed by atoms with Crippen LogP contribution in [0.1, 0.15) is 27.7 Å². The van der Waals surface area contributed by atoms with Gasteiger partial charge in [-0.05, 0) is 12.3 Å². The highest BCUT2D eigenvalue weighted by atomic mass is 16.5. The van der Waals surface area contributed by atoms with E-state index in [1.54, 1.807) is 0 Å². The Morgan fingerprint density at radius 2 is 2.00 bits per heavy atom. The van der Waals surface area contributed by atoms with E-state index >= 15 is 0 Å². The van der Waals surface area contributed by atoms with Crippen LogP contribution >= 0.6 is 0 Å². The minimum absolute atomic E-state index is 0.00938. The fourth-order valence-corrected chi connectivity index (χ4v) is 0.446. The van der Waals surface area contributed by atoms with Crippen LogP contribution < -0.4 is 0 Å². The van der Waals surface area contributed by atoms with Gasteiger partial charge in [-0.3, -0.25) is 0 Å². The van der Waals surface area contributed by atoms with Crippen LogP contribution in [-0.2, 0) is 9.53 Å². The van der Waals surface area contributed by atoms with Crippen molar-refractivity contribution in [3.8, 4) is 0 Å². The summed E-state index contributed by atoms with van der Waals surface area (Å²) in [6, 6.07) is 0. The fraction of sp³-hybridized carbons (Fsp3) is 0.875. The van der Waals surface area contributed by atoms with Gasteiger partial charge in [-0.25, -0.2) is 4.79 Å². The topological polar surface area (TPSA) is 46.5 Å². The lowest BCUT2D eigenvalue weighted by molar-refractivity contribution is -0.146. The van der Waals surface area contributed by atoms with E-state index in [4.69, 9.17) is 9.84 Å². The number of ether oxygens (including phenoxy) is 1. The molecule has 0 saturated carbocycles. The number of hydrogen-bond donors (Lipinski definition) is 1. The Morgan fingerprint density at radius 1 is 1.55 bits per heavy atom. The summed E-state index contributed by atoms with van der Waals surface area (Å²) in [5.41, 5.74) is 0.00938. The third-order valence-corrected chi connectivity index (χ3v) is 1.68. The van der Waals surface area contributed by atoms with Gasteiger partial charge in [-0.2, -0.15) is 0 Å². The molecule has 0 unspecified atom stereocenters. The van der Waals surface area contributed by atoms with Crippen molar-refractivity contribution in [2.75, 3.05) is 6.61 Å². The maximum absolute atomic E-state index is 10.1. The number of carboxylic acids is 1. The molecule has 1 atom stereocenters. The summed E-state index contributed by atoms with van der Waals surface area (Å²) in [6.07, 6.45) is -0.0291. The lowest BCUT2D eigenvalue weighted by atomic mass is 9.90. The van der Waals surface area contributed by atoms with Gasteiger partial charge in [0.25, 0.3) is 0 Å². The van der Waals surface area contributed by atoms with Crippen molar-refractivity contribution in [1.29, 1.82) is 0 Å². The van der Waals surface area contributed by atoms with E-state index in [1.165, 1.54) is 0 Å². The molecule has 1 N–H and O–H groups in total. The van der Waals surface area contributed by atoms with E-state index in [9.17, 15) is 4.79 Å². The fourth-order valence-electron chi connectivity index (χ4n) is 0.446. The lowest BCUT2D eigenvalue weighted by Gasteiger charge is -2.26. The van der Waals surface area contributed by atoms with Crippen LogP contribution in [0.2, 0.25) is 0 Å².